The Morgan fingerprint density at radius 2 is 2.00 bits per heavy atom. The molecule has 0 spiro atoms. The first-order chi connectivity index (χ1) is 10.0. The Hall–Kier alpha value is -1.62. The van der Waals surface area contributed by atoms with Crippen LogP contribution in [0.25, 0.3) is 0 Å². The summed E-state index contributed by atoms with van der Waals surface area (Å²) in [6.45, 7) is 14.8. The molecule has 0 aliphatic carbocycles. The summed E-state index contributed by atoms with van der Waals surface area (Å²) in [5.41, 5.74) is 1.15. The lowest BCUT2D eigenvalue weighted by molar-refractivity contribution is -0.137. The molecule has 5 nitrogen and oxygen atoms in total. The van der Waals surface area contributed by atoms with Gasteiger partial charge in [0, 0.05) is 52.2 Å². The molecule has 2 saturated heterocycles. The van der Waals surface area contributed by atoms with Crippen molar-refractivity contribution in [2.45, 2.75) is 13.3 Å². The summed E-state index contributed by atoms with van der Waals surface area (Å²) in [5.74, 6) is 0.0178. The predicted molar refractivity (Wildman–Crippen MR) is 82.7 cm³/mol. The van der Waals surface area contributed by atoms with E-state index in [4.69, 9.17) is 0 Å². The SMILES string of the molecule is C=CCN1C[C@@H](C(=O)N2CCN(CC(=C)C)CC2)CC1=O. The van der Waals surface area contributed by atoms with Gasteiger partial charge in [0.1, 0.15) is 0 Å². The monoisotopic (exact) mass is 291 g/mol. The van der Waals surface area contributed by atoms with Gasteiger partial charge in [-0.15, -0.1) is 6.58 Å². The first kappa shape index (κ1) is 15.8. The Morgan fingerprint density at radius 1 is 1.33 bits per heavy atom. The quantitative estimate of drug-likeness (QED) is 0.702. The number of hydrogen-bond acceptors (Lipinski definition) is 3. The zero-order chi connectivity index (χ0) is 15.4. The normalized spacial score (nSPS) is 23.5. The molecule has 2 amide bonds. The molecule has 2 rings (SSSR count). The smallest absolute Gasteiger partial charge is 0.228 e. The fourth-order valence-corrected chi connectivity index (χ4v) is 3.04. The first-order valence-corrected chi connectivity index (χ1v) is 7.55. The van der Waals surface area contributed by atoms with E-state index in [9.17, 15) is 9.59 Å². The molecular formula is C16H25N3O2. The average Bonchev–Trinajstić information content (AvgIpc) is 2.80. The van der Waals surface area contributed by atoms with E-state index in [0.717, 1.165) is 38.3 Å². The summed E-state index contributed by atoms with van der Waals surface area (Å²) >= 11 is 0. The Labute approximate surface area is 126 Å². The third-order valence-corrected chi connectivity index (χ3v) is 4.09. The van der Waals surface area contributed by atoms with Crippen molar-refractivity contribution < 1.29 is 9.59 Å². The van der Waals surface area contributed by atoms with Crippen LogP contribution >= 0.6 is 0 Å². The zero-order valence-corrected chi connectivity index (χ0v) is 12.9. The van der Waals surface area contributed by atoms with Crippen LogP contribution in [0.4, 0.5) is 0 Å². The molecule has 0 N–H and O–H groups in total. The van der Waals surface area contributed by atoms with Crippen LogP contribution in [0.2, 0.25) is 0 Å². The minimum atomic E-state index is -0.176. The fourth-order valence-electron chi connectivity index (χ4n) is 3.04. The van der Waals surface area contributed by atoms with Gasteiger partial charge in [0.25, 0.3) is 0 Å². The van der Waals surface area contributed by atoms with E-state index in [1.54, 1.807) is 11.0 Å². The molecule has 0 aromatic carbocycles. The maximum Gasteiger partial charge on any atom is 0.228 e. The lowest BCUT2D eigenvalue weighted by atomic mass is 10.1. The third-order valence-electron chi connectivity index (χ3n) is 4.09. The highest BCUT2D eigenvalue weighted by molar-refractivity contribution is 5.89. The Morgan fingerprint density at radius 3 is 2.57 bits per heavy atom. The van der Waals surface area contributed by atoms with Crippen LogP contribution in [0.5, 0.6) is 0 Å². The zero-order valence-electron chi connectivity index (χ0n) is 12.9. The Balaban J connectivity index is 1.84. The molecule has 116 valence electrons. The highest BCUT2D eigenvalue weighted by Crippen LogP contribution is 2.20. The van der Waals surface area contributed by atoms with Crippen molar-refractivity contribution >= 4 is 11.8 Å². The topological polar surface area (TPSA) is 43.9 Å². The predicted octanol–water partition coefficient (Wildman–Crippen LogP) is 0.741. The number of amides is 2. The molecule has 0 radical (unpaired) electrons. The second-order valence-corrected chi connectivity index (χ2v) is 6.05. The Kier molecular flexibility index (Phi) is 5.17. The molecule has 5 heteroatoms. The van der Waals surface area contributed by atoms with E-state index in [2.05, 4.69) is 18.1 Å². The minimum Gasteiger partial charge on any atom is -0.340 e. The second kappa shape index (κ2) is 6.89. The van der Waals surface area contributed by atoms with E-state index >= 15 is 0 Å². The van der Waals surface area contributed by atoms with Gasteiger partial charge in [-0.1, -0.05) is 18.2 Å². The van der Waals surface area contributed by atoms with Gasteiger partial charge in [-0.25, -0.2) is 0 Å². The van der Waals surface area contributed by atoms with E-state index in [0.29, 0.717) is 19.5 Å². The Bertz CT molecular complexity index is 439. The van der Waals surface area contributed by atoms with Gasteiger partial charge in [-0.2, -0.15) is 0 Å². The van der Waals surface area contributed by atoms with Crippen LogP contribution in [0.15, 0.2) is 24.8 Å². The fraction of sp³-hybridized carbons (Fsp3) is 0.625. The highest BCUT2D eigenvalue weighted by atomic mass is 16.2. The van der Waals surface area contributed by atoms with Crippen LogP contribution in [-0.2, 0) is 9.59 Å². The molecular weight excluding hydrogens is 266 g/mol. The van der Waals surface area contributed by atoms with Gasteiger partial charge in [-0.05, 0) is 6.92 Å². The van der Waals surface area contributed by atoms with Crippen molar-refractivity contribution in [2.24, 2.45) is 5.92 Å². The molecule has 2 aliphatic heterocycles. The van der Waals surface area contributed by atoms with Crippen molar-refractivity contribution in [3.8, 4) is 0 Å². The number of carbonyl (C=O) groups is 2. The number of piperazine rings is 1. The minimum absolute atomic E-state index is 0.0640. The van der Waals surface area contributed by atoms with Gasteiger partial charge >= 0.3 is 0 Å². The standard InChI is InChI=1S/C16H25N3O2/c1-4-5-19-12-14(10-15(19)20)16(21)18-8-6-17(7-9-18)11-13(2)3/h4,14H,1-2,5-12H2,3H3/t14-/m0/s1. The average molecular weight is 291 g/mol. The molecule has 0 bridgehead atoms. The number of rotatable bonds is 5. The number of nitrogens with zero attached hydrogens (tertiary/aromatic N) is 3. The summed E-state index contributed by atoms with van der Waals surface area (Å²) in [7, 11) is 0. The van der Waals surface area contributed by atoms with Crippen molar-refractivity contribution in [2.75, 3.05) is 45.8 Å². The number of carbonyl (C=O) groups excluding carboxylic acids is 2. The summed E-state index contributed by atoms with van der Waals surface area (Å²) < 4.78 is 0. The molecule has 21 heavy (non-hydrogen) atoms. The van der Waals surface area contributed by atoms with Gasteiger partial charge in [0.05, 0.1) is 5.92 Å². The lowest BCUT2D eigenvalue weighted by Gasteiger charge is -2.35. The van der Waals surface area contributed by atoms with Crippen molar-refractivity contribution in [3.05, 3.63) is 24.8 Å². The molecule has 2 fully saturated rings. The van der Waals surface area contributed by atoms with Gasteiger partial charge in [0.15, 0.2) is 0 Å². The van der Waals surface area contributed by atoms with Crippen molar-refractivity contribution in [1.82, 2.24) is 14.7 Å². The number of likely N-dealkylation sites (tertiary alicyclic amines) is 1. The highest BCUT2D eigenvalue weighted by Gasteiger charge is 2.36. The molecule has 1 atom stereocenters. The molecule has 2 heterocycles. The summed E-state index contributed by atoms with van der Waals surface area (Å²) in [4.78, 5) is 30.3. The van der Waals surface area contributed by atoms with Crippen LogP contribution in [0, 0.1) is 5.92 Å². The van der Waals surface area contributed by atoms with E-state index in [-0.39, 0.29) is 17.7 Å². The second-order valence-electron chi connectivity index (χ2n) is 6.05. The van der Waals surface area contributed by atoms with Gasteiger partial charge < -0.3 is 9.80 Å². The molecule has 0 saturated carbocycles. The van der Waals surface area contributed by atoms with Crippen molar-refractivity contribution in [3.63, 3.8) is 0 Å². The number of hydrogen-bond donors (Lipinski definition) is 0. The molecule has 0 aromatic rings. The van der Waals surface area contributed by atoms with Crippen LogP contribution < -0.4 is 0 Å². The largest absolute Gasteiger partial charge is 0.340 e. The molecule has 2 aliphatic rings. The lowest BCUT2D eigenvalue weighted by Crippen LogP contribution is -2.50. The van der Waals surface area contributed by atoms with Gasteiger partial charge in [0.2, 0.25) is 11.8 Å². The maximum absolute atomic E-state index is 12.5. The maximum atomic E-state index is 12.5. The first-order valence-electron chi connectivity index (χ1n) is 7.55. The van der Waals surface area contributed by atoms with Crippen molar-refractivity contribution in [1.29, 1.82) is 0 Å². The summed E-state index contributed by atoms with van der Waals surface area (Å²) in [6.07, 6.45) is 2.06. The summed E-state index contributed by atoms with van der Waals surface area (Å²) in [6, 6.07) is 0. The van der Waals surface area contributed by atoms with Crippen LogP contribution in [0.3, 0.4) is 0 Å². The summed E-state index contributed by atoms with van der Waals surface area (Å²) in [5, 5.41) is 0. The third kappa shape index (κ3) is 3.94. The van der Waals surface area contributed by atoms with E-state index in [1.807, 2.05) is 11.8 Å². The van der Waals surface area contributed by atoms with Crippen LogP contribution in [0.1, 0.15) is 13.3 Å². The van der Waals surface area contributed by atoms with E-state index in [1.165, 1.54) is 0 Å². The van der Waals surface area contributed by atoms with E-state index < -0.39 is 0 Å². The molecule has 0 aromatic heterocycles. The van der Waals surface area contributed by atoms with Gasteiger partial charge in [-0.3, -0.25) is 14.5 Å². The van der Waals surface area contributed by atoms with Crippen LogP contribution in [-0.4, -0.2) is 72.3 Å². The molecule has 0 unspecified atom stereocenters.